The molecule has 1 aromatic carbocycles. The van der Waals surface area contributed by atoms with Gasteiger partial charge in [0, 0.05) is 0 Å². The van der Waals surface area contributed by atoms with E-state index in [0.717, 1.165) is 12.8 Å². The number of benzene rings is 1. The van der Waals surface area contributed by atoms with Gasteiger partial charge in [-0.3, -0.25) is 0 Å². The number of hydrogen-bond acceptors (Lipinski definition) is 3. The number of aliphatic hydroxyl groups is 1. The van der Waals surface area contributed by atoms with E-state index in [1.807, 2.05) is 19.9 Å². The number of hydrogen-bond donors (Lipinski definition) is 1. The molecule has 3 nitrogen and oxygen atoms in total. The van der Waals surface area contributed by atoms with E-state index in [9.17, 15) is 12.8 Å². The molecule has 1 aromatic rings. The van der Waals surface area contributed by atoms with Crippen molar-refractivity contribution in [2.24, 2.45) is 5.41 Å². The molecule has 0 saturated heterocycles. The van der Waals surface area contributed by atoms with E-state index in [4.69, 9.17) is 0 Å². The SMILES string of the molecule is CCCCC1(O)C=C([Se](=O)(=O)c2ccccc2)C(C)(C)C1. The van der Waals surface area contributed by atoms with Crippen LogP contribution in [0.5, 0.6) is 0 Å². The van der Waals surface area contributed by atoms with E-state index in [1.165, 1.54) is 0 Å². The van der Waals surface area contributed by atoms with E-state index in [-0.39, 0.29) is 0 Å². The van der Waals surface area contributed by atoms with Gasteiger partial charge in [-0.05, 0) is 0 Å². The van der Waals surface area contributed by atoms with Gasteiger partial charge < -0.3 is 0 Å². The Hall–Kier alpha value is -0.961. The van der Waals surface area contributed by atoms with Crippen molar-refractivity contribution in [3.63, 3.8) is 0 Å². The van der Waals surface area contributed by atoms with Crippen LogP contribution in [0.2, 0.25) is 0 Å². The van der Waals surface area contributed by atoms with Crippen LogP contribution in [0.3, 0.4) is 0 Å². The minimum atomic E-state index is -4.42. The fraction of sp³-hybridized carbons (Fsp3) is 0.529. The Labute approximate surface area is 128 Å². The maximum absolute atomic E-state index is 12.9. The molecule has 0 aromatic heterocycles. The van der Waals surface area contributed by atoms with E-state index < -0.39 is 23.7 Å². The average molecular weight is 355 g/mol. The van der Waals surface area contributed by atoms with E-state index in [2.05, 4.69) is 6.92 Å². The molecule has 0 heterocycles. The van der Waals surface area contributed by atoms with Gasteiger partial charge in [-0.2, -0.15) is 0 Å². The van der Waals surface area contributed by atoms with Crippen LogP contribution >= 0.6 is 0 Å². The molecule has 1 N–H and O–H groups in total. The van der Waals surface area contributed by atoms with Crippen LogP contribution < -0.4 is 4.46 Å². The van der Waals surface area contributed by atoms with E-state index in [0.29, 0.717) is 21.8 Å². The van der Waals surface area contributed by atoms with Gasteiger partial charge in [0.25, 0.3) is 0 Å². The summed E-state index contributed by atoms with van der Waals surface area (Å²) in [6.07, 6.45) is 4.61. The van der Waals surface area contributed by atoms with Crippen LogP contribution in [0.1, 0.15) is 46.5 Å². The zero-order valence-electron chi connectivity index (χ0n) is 13.0. The minimum absolute atomic E-state index is 0.368. The average Bonchev–Trinajstić information content (AvgIpc) is 2.68. The summed E-state index contributed by atoms with van der Waals surface area (Å²) in [5.41, 5.74) is -1.50. The summed E-state index contributed by atoms with van der Waals surface area (Å²) in [7, 11) is 0. The third-order valence-corrected chi connectivity index (χ3v) is 8.62. The van der Waals surface area contributed by atoms with Gasteiger partial charge in [-0.15, -0.1) is 0 Å². The van der Waals surface area contributed by atoms with E-state index in [1.54, 1.807) is 30.3 Å². The second-order valence-corrected chi connectivity index (χ2v) is 10.6. The number of allylic oxidation sites excluding steroid dienone is 1. The monoisotopic (exact) mass is 356 g/mol. The van der Waals surface area contributed by atoms with Crippen molar-refractivity contribution >= 4 is 17.2 Å². The first-order chi connectivity index (χ1) is 9.71. The predicted molar refractivity (Wildman–Crippen MR) is 84.2 cm³/mol. The Balaban J connectivity index is 2.44. The molecule has 0 bridgehead atoms. The van der Waals surface area contributed by atoms with Crippen LogP contribution in [0.25, 0.3) is 0 Å². The first-order valence-electron chi connectivity index (χ1n) is 7.47. The molecule has 2 rings (SSSR count). The van der Waals surface area contributed by atoms with Crippen molar-refractivity contribution in [2.75, 3.05) is 0 Å². The second kappa shape index (κ2) is 5.68. The Morgan fingerprint density at radius 2 is 1.81 bits per heavy atom. The fourth-order valence-corrected chi connectivity index (χ4v) is 7.23. The van der Waals surface area contributed by atoms with Crippen molar-refractivity contribution in [3.05, 3.63) is 40.9 Å². The molecule has 1 unspecified atom stereocenters. The van der Waals surface area contributed by atoms with Crippen molar-refractivity contribution in [1.82, 2.24) is 0 Å². The van der Waals surface area contributed by atoms with Gasteiger partial charge in [-0.1, -0.05) is 0 Å². The molecule has 0 saturated carbocycles. The van der Waals surface area contributed by atoms with Crippen LogP contribution in [0.15, 0.2) is 40.9 Å². The number of unbranched alkanes of at least 4 members (excludes halogenated alkanes) is 1. The Morgan fingerprint density at radius 3 is 2.38 bits per heavy atom. The molecule has 116 valence electrons. The van der Waals surface area contributed by atoms with Gasteiger partial charge >= 0.3 is 128 Å². The van der Waals surface area contributed by atoms with Crippen LogP contribution in [-0.2, 0) is 7.67 Å². The first kappa shape index (κ1) is 16.4. The van der Waals surface area contributed by atoms with Crippen molar-refractivity contribution in [3.8, 4) is 0 Å². The van der Waals surface area contributed by atoms with Gasteiger partial charge in [-0.25, -0.2) is 0 Å². The van der Waals surface area contributed by atoms with Gasteiger partial charge in [0.1, 0.15) is 0 Å². The third kappa shape index (κ3) is 3.28. The summed E-state index contributed by atoms with van der Waals surface area (Å²) in [5.74, 6) is 0. The summed E-state index contributed by atoms with van der Waals surface area (Å²) in [4.78, 5) is 0. The Morgan fingerprint density at radius 1 is 1.19 bits per heavy atom. The molecule has 0 spiro atoms. The standard InChI is InChI=1S/C17H24O3Se/c1-4-5-11-17(18)12-15(16(2,3)13-17)21(19,20)14-9-7-6-8-10-14/h6-10,12,18H,4-5,11,13H2,1-3H3. The Bertz CT molecular complexity index is 629. The summed E-state index contributed by atoms with van der Waals surface area (Å²) >= 11 is -4.42. The topological polar surface area (TPSA) is 54.4 Å². The van der Waals surface area contributed by atoms with Crippen LogP contribution in [-0.4, -0.2) is 23.4 Å². The van der Waals surface area contributed by atoms with Crippen molar-refractivity contribution < 1.29 is 12.8 Å². The molecule has 1 aliphatic carbocycles. The quantitative estimate of drug-likeness (QED) is 0.826. The zero-order valence-corrected chi connectivity index (χ0v) is 14.7. The third-order valence-electron chi connectivity index (χ3n) is 4.12. The molecular formula is C17H24O3Se. The Kier molecular flexibility index (Phi) is 4.44. The summed E-state index contributed by atoms with van der Waals surface area (Å²) in [6.45, 7) is 5.89. The number of rotatable bonds is 5. The molecule has 21 heavy (non-hydrogen) atoms. The molecular weight excluding hydrogens is 331 g/mol. The second-order valence-electron chi connectivity index (χ2n) is 6.59. The fourth-order valence-electron chi connectivity index (χ4n) is 3.15. The summed E-state index contributed by atoms with van der Waals surface area (Å²) in [6, 6.07) is 8.56. The van der Waals surface area contributed by atoms with Crippen molar-refractivity contribution in [1.29, 1.82) is 0 Å². The van der Waals surface area contributed by atoms with Crippen LogP contribution in [0.4, 0.5) is 0 Å². The zero-order chi connectivity index (χ0) is 15.7. The van der Waals surface area contributed by atoms with Crippen molar-refractivity contribution in [2.45, 2.75) is 52.1 Å². The predicted octanol–water partition coefficient (Wildman–Crippen LogP) is 3.01. The van der Waals surface area contributed by atoms with Crippen LogP contribution in [0, 0.1) is 5.41 Å². The van der Waals surface area contributed by atoms with Gasteiger partial charge in [0.15, 0.2) is 0 Å². The molecule has 0 amide bonds. The van der Waals surface area contributed by atoms with Gasteiger partial charge in [0.2, 0.25) is 0 Å². The summed E-state index contributed by atoms with van der Waals surface area (Å²) in [5, 5.41) is 10.7. The molecule has 0 radical (unpaired) electrons. The molecule has 4 heteroatoms. The van der Waals surface area contributed by atoms with E-state index >= 15 is 0 Å². The molecule has 1 aliphatic rings. The molecule has 0 aliphatic heterocycles. The molecule has 1 atom stereocenters. The van der Waals surface area contributed by atoms with Gasteiger partial charge in [0.05, 0.1) is 0 Å². The summed E-state index contributed by atoms with van der Waals surface area (Å²) < 4.78 is 26.6. The normalized spacial score (nSPS) is 24.9. The molecule has 0 fully saturated rings. The maximum atomic E-state index is 12.9. The first-order valence-corrected chi connectivity index (χ1v) is 10.6.